The lowest BCUT2D eigenvalue weighted by Crippen LogP contribution is -2.56. The highest BCUT2D eigenvalue weighted by Gasteiger charge is 2.63. The van der Waals surface area contributed by atoms with Crippen LogP contribution < -0.4 is 0 Å². The first-order chi connectivity index (χ1) is 11.7. The standard InChI is InChI=1S/C16H11ClF3N3O2/c17-12-5-3-10(4-6-12)14(24)23-15(25,16(18,19)20)8-13(22-23)11-2-1-7-21-9-11/h1-7,9,25H,8H2/t15-/m1/s1. The Labute approximate surface area is 145 Å². The minimum atomic E-state index is -5.09. The number of hydrogen-bond acceptors (Lipinski definition) is 4. The van der Waals surface area contributed by atoms with E-state index in [1.165, 1.54) is 48.8 Å². The van der Waals surface area contributed by atoms with Crippen molar-refractivity contribution in [1.82, 2.24) is 9.99 Å². The van der Waals surface area contributed by atoms with Crippen LogP contribution in [-0.2, 0) is 0 Å². The van der Waals surface area contributed by atoms with Crippen LogP contribution in [0.3, 0.4) is 0 Å². The quantitative estimate of drug-likeness (QED) is 0.883. The second-order valence-corrected chi connectivity index (χ2v) is 5.84. The van der Waals surface area contributed by atoms with Crippen LogP contribution >= 0.6 is 11.6 Å². The molecule has 0 spiro atoms. The van der Waals surface area contributed by atoms with Crippen molar-refractivity contribution in [1.29, 1.82) is 0 Å². The van der Waals surface area contributed by atoms with Crippen molar-refractivity contribution in [2.24, 2.45) is 5.10 Å². The van der Waals surface area contributed by atoms with E-state index in [4.69, 9.17) is 11.6 Å². The molecule has 0 bridgehead atoms. The number of hydrogen-bond donors (Lipinski definition) is 1. The molecule has 1 N–H and O–H groups in total. The highest BCUT2D eigenvalue weighted by atomic mass is 35.5. The molecule has 0 aliphatic carbocycles. The van der Waals surface area contributed by atoms with Gasteiger partial charge in [0.25, 0.3) is 11.6 Å². The third-order valence-electron chi connectivity index (χ3n) is 3.72. The zero-order valence-electron chi connectivity index (χ0n) is 12.5. The van der Waals surface area contributed by atoms with Gasteiger partial charge in [0, 0.05) is 28.5 Å². The molecular formula is C16H11ClF3N3O2. The maximum Gasteiger partial charge on any atom is 0.438 e. The molecule has 9 heteroatoms. The van der Waals surface area contributed by atoms with E-state index in [-0.39, 0.29) is 21.8 Å². The van der Waals surface area contributed by atoms with Crippen LogP contribution in [0.25, 0.3) is 0 Å². The largest absolute Gasteiger partial charge is 0.438 e. The molecule has 0 saturated carbocycles. The number of carbonyl (C=O) groups is 1. The first kappa shape index (κ1) is 17.4. The van der Waals surface area contributed by atoms with E-state index >= 15 is 0 Å². The number of aromatic nitrogens is 1. The molecule has 1 aliphatic rings. The predicted octanol–water partition coefficient (Wildman–Crippen LogP) is 3.24. The van der Waals surface area contributed by atoms with Crippen LogP contribution in [0.1, 0.15) is 22.3 Å². The van der Waals surface area contributed by atoms with Gasteiger partial charge < -0.3 is 5.11 Å². The van der Waals surface area contributed by atoms with Gasteiger partial charge >= 0.3 is 6.18 Å². The Balaban J connectivity index is 2.04. The van der Waals surface area contributed by atoms with E-state index in [0.717, 1.165) is 0 Å². The van der Waals surface area contributed by atoms with Gasteiger partial charge in [-0.15, -0.1) is 0 Å². The fourth-order valence-electron chi connectivity index (χ4n) is 2.39. The molecule has 5 nitrogen and oxygen atoms in total. The number of rotatable bonds is 2. The number of benzene rings is 1. The summed E-state index contributed by atoms with van der Waals surface area (Å²) in [6.07, 6.45) is -3.22. The Kier molecular flexibility index (Phi) is 4.26. The SMILES string of the molecule is O=C(c1ccc(Cl)cc1)N1N=C(c2cccnc2)C[C@@]1(O)C(F)(F)F. The van der Waals surface area contributed by atoms with Crippen molar-refractivity contribution in [3.63, 3.8) is 0 Å². The first-order valence-corrected chi connectivity index (χ1v) is 7.47. The average Bonchev–Trinajstić information content (AvgIpc) is 2.95. The zero-order chi connectivity index (χ0) is 18.2. The number of amides is 1. The predicted molar refractivity (Wildman–Crippen MR) is 84.0 cm³/mol. The molecule has 3 rings (SSSR count). The number of pyridine rings is 1. The molecule has 2 aromatic rings. The second-order valence-electron chi connectivity index (χ2n) is 5.40. The molecule has 1 aliphatic heterocycles. The summed E-state index contributed by atoms with van der Waals surface area (Å²) in [7, 11) is 0. The van der Waals surface area contributed by atoms with E-state index < -0.39 is 24.2 Å². The van der Waals surface area contributed by atoms with E-state index in [9.17, 15) is 23.1 Å². The summed E-state index contributed by atoms with van der Waals surface area (Å²) >= 11 is 5.72. The van der Waals surface area contributed by atoms with Crippen molar-refractivity contribution in [3.8, 4) is 0 Å². The molecule has 25 heavy (non-hydrogen) atoms. The number of halogens is 4. The fourth-order valence-corrected chi connectivity index (χ4v) is 2.51. The van der Waals surface area contributed by atoms with Crippen molar-refractivity contribution in [3.05, 3.63) is 64.9 Å². The topological polar surface area (TPSA) is 65.8 Å². The minimum Gasteiger partial charge on any atom is -0.362 e. The summed E-state index contributed by atoms with van der Waals surface area (Å²) in [4.78, 5) is 16.3. The molecule has 1 aromatic carbocycles. The molecule has 2 heterocycles. The van der Waals surface area contributed by atoms with Crippen LogP contribution in [0, 0.1) is 0 Å². The summed E-state index contributed by atoms with van der Waals surface area (Å²) in [5.41, 5.74) is -3.32. The smallest absolute Gasteiger partial charge is 0.362 e. The molecule has 0 radical (unpaired) electrons. The van der Waals surface area contributed by atoms with Gasteiger partial charge in [-0.3, -0.25) is 9.78 Å². The highest BCUT2D eigenvalue weighted by molar-refractivity contribution is 6.30. The fraction of sp³-hybridized carbons (Fsp3) is 0.188. The molecule has 0 unspecified atom stereocenters. The Morgan fingerprint density at radius 1 is 1.24 bits per heavy atom. The van der Waals surface area contributed by atoms with E-state index in [0.29, 0.717) is 5.02 Å². The number of alkyl halides is 3. The molecule has 0 fully saturated rings. The minimum absolute atomic E-state index is 0.0680. The van der Waals surface area contributed by atoms with Crippen molar-refractivity contribution < 1.29 is 23.1 Å². The van der Waals surface area contributed by atoms with Gasteiger partial charge in [0.1, 0.15) is 0 Å². The molecule has 1 amide bonds. The number of nitrogens with zero attached hydrogens (tertiary/aromatic N) is 3. The van der Waals surface area contributed by atoms with E-state index in [1.807, 2.05) is 0 Å². The Bertz CT molecular complexity index is 825. The van der Waals surface area contributed by atoms with Gasteiger partial charge in [-0.25, -0.2) is 0 Å². The Morgan fingerprint density at radius 2 is 1.92 bits per heavy atom. The van der Waals surface area contributed by atoms with Gasteiger partial charge in [-0.1, -0.05) is 17.7 Å². The first-order valence-electron chi connectivity index (χ1n) is 7.09. The number of carbonyl (C=O) groups excluding carboxylic acids is 1. The average molecular weight is 370 g/mol. The van der Waals surface area contributed by atoms with Crippen LogP contribution in [0.5, 0.6) is 0 Å². The van der Waals surface area contributed by atoms with Gasteiger partial charge in [0.2, 0.25) is 0 Å². The maximum absolute atomic E-state index is 13.5. The van der Waals surface area contributed by atoms with Crippen molar-refractivity contribution in [2.75, 3.05) is 0 Å². The number of aliphatic hydroxyl groups is 1. The number of hydrazone groups is 1. The molecule has 0 saturated heterocycles. The van der Waals surface area contributed by atoms with Crippen molar-refractivity contribution >= 4 is 23.2 Å². The van der Waals surface area contributed by atoms with Gasteiger partial charge in [-0.2, -0.15) is 23.3 Å². The molecule has 1 aromatic heterocycles. The molecular weight excluding hydrogens is 359 g/mol. The van der Waals surface area contributed by atoms with Crippen LogP contribution in [0.15, 0.2) is 53.9 Å². The summed E-state index contributed by atoms with van der Waals surface area (Å²) in [5, 5.41) is 14.3. The zero-order valence-corrected chi connectivity index (χ0v) is 13.3. The van der Waals surface area contributed by atoms with Crippen molar-refractivity contribution in [2.45, 2.75) is 18.3 Å². The van der Waals surface area contributed by atoms with Crippen LogP contribution in [0.2, 0.25) is 5.02 Å². The monoisotopic (exact) mass is 369 g/mol. The highest BCUT2D eigenvalue weighted by Crippen LogP contribution is 2.41. The van der Waals surface area contributed by atoms with Crippen LogP contribution in [-0.4, -0.2) is 38.6 Å². The van der Waals surface area contributed by atoms with E-state index in [2.05, 4.69) is 10.1 Å². The Hall–Kier alpha value is -2.45. The summed E-state index contributed by atoms with van der Waals surface area (Å²) in [6.45, 7) is 0. The summed E-state index contributed by atoms with van der Waals surface area (Å²) in [6, 6.07) is 8.28. The Morgan fingerprint density at radius 3 is 2.48 bits per heavy atom. The third-order valence-corrected chi connectivity index (χ3v) is 3.97. The summed E-state index contributed by atoms with van der Waals surface area (Å²) in [5.74, 6) is -1.09. The van der Waals surface area contributed by atoms with Gasteiger partial charge in [0.05, 0.1) is 12.1 Å². The lowest BCUT2D eigenvalue weighted by molar-refractivity contribution is -0.297. The van der Waals surface area contributed by atoms with Gasteiger partial charge in [0.15, 0.2) is 0 Å². The molecule has 1 atom stereocenters. The molecule has 130 valence electrons. The third kappa shape index (κ3) is 3.10. The van der Waals surface area contributed by atoms with E-state index in [1.54, 1.807) is 0 Å². The second kappa shape index (κ2) is 6.12. The van der Waals surface area contributed by atoms with Gasteiger partial charge in [-0.05, 0) is 30.3 Å². The lowest BCUT2D eigenvalue weighted by Gasteiger charge is -2.32. The maximum atomic E-state index is 13.5. The lowest BCUT2D eigenvalue weighted by atomic mass is 10.0. The van der Waals surface area contributed by atoms with Crippen LogP contribution in [0.4, 0.5) is 13.2 Å². The normalized spacial score (nSPS) is 20.5. The summed E-state index contributed by atoms with van der Waals surface area (Å²) < 4.78 is 40.4.